The number of nitro benzene ring substituents is 6. The maximum absolute atomic E-state index is 13.0. The summed E-state index contributed by atoms with van der Waals surface area (Å²) in [6.07, 6.45) is 0. The summed E-state index contributed by atoms with van der Waals surface area (Å²) in [5, 5.41) is 89.7. The minimum absolute atomic E-state index is 0.0434. The van der Waals surface area contributed by atoms with Crippen LogP contribution in [0.2, 0.25) is 35.3 Å². The third-order valence-electron chi connectivity index (χ3n) is 11.9. The summed E-state index contributed by atoms with van der Waals surface area (Å²) in [7, 11) is -6.36. The van der Waals surface area contributed by atoms with Gasteiger partial charge in [-0.3, -0.25) is 60.7 Å². The van der Waals surface area contributed by atoms with Crippen LogP contribution < -0.4 is 4.18 Å². The highest BCUT2D eigenvalue weighted by molar-refractivity contribution is 14.1. The number of nitrogens with zero attached hydrogens (tertiary/aromatic N) is 24. The Hall–Kier alpha value is -6.92. The molecule has 0 unspecified atom stereocenters. The molecule has 39 nitrogen and oxygen atoms in total. The monoisotopic (exact) mass is 2210 g/mol. The molecule has 0 bridgehead atoms. The normalized spacial score (nSPS) is 11.0. The minimum Gasteiger partial charge on any atom is -0.366 e. The van der Waals surface area contributed by atoms with Crippen molar-refractivity contribution in [3.8, 4) is 17.9 Å². The van der Waals surface area contributed by atoms with Crippen molar-refractivity contribution in [3.63, 3.8) is 0 Å². The van der Waals surface area contributed by atoms with Gasteiger partial charge in [0.05, 0.1) is 142 Å². The average Bonchev–Trinajstić information content (AvgIpc) is 1.43. The first kappa shape index (κ1) is 86.7. The standard InChI is InChI=1S/C8BrClN4S.C7ClF3N4O7S2.C6BrClF2N2S.C6BrClN4O4S.C6H2BrClN2S.C6ClIN4O4S.C4BrClN4S/c9-5-3(1-11)4(2-12)6(10)8-7(5)13-15-14-8;8-1-2-3(13-23-12-2)6(22-24(20,21)7(9,10)11)5(15(18)19)4(1)14(16)17;7-1-3(9)4(10)2(8)6-5(1)11-13-12-6;7-1-3-4(10-17-9-3)2(8)6(12(15)16)5(1)11(13)14;7-3-1-2-4(8)6-5(3)9-11-10-6;7-1-3-4(10-17-9-3)2(8)6(12(15)16)5(1)11(13)14;5-3-1-2(10-11-9-1)4(6)8-7-3/h;;;;1-2H;;. The zero-order valence-corrected chi connectivity index (χ0v) is 70.5. The van der Waals surface area contributed by atoms with E-state index in [1.54, 1.807) is 28.7 Å². The van der Waals surface area contributed by atoms with E-state index < -0.39 is 113 Å². The van der Waals surface area contributed by atoms with E-state index in [4.69, 9.17) is 91.7 Å². The minimum atomic E-state index is -6.36. The maximum atomic E-state index is 13.0. The number of hydrogen-bond acceptors (Lipinski definition) is 40. The molecule has 8 aromatic heterocycles. The SMILES string of the molecule is Clc1ccc(Br)c2nsnc12.Clc1nnc(Br)c2nsnc12.Fc1c(F)c(Br)c2nsnc2c1Cl.N#Cc1c(C#N)c(Br)c2nsnc2c1Cl.O=[N+]([O-])c1c([N+](=O)[O-])c(Br)c2nsnc2c1Cl.O=[N+]([O-])c1c([N+](=O)[O-])c(I)c2nsnc2c1Cl.O=[N+]([O-])c1c([N+](=O)[O-])c(OS(=O)(=O)C(F)(F)F)c2nsnc2c1Cl. The lowest BCUT2D eigenvalue weighted by molar-refractivity contribution is -0.422. The van der Waals surface area contributed by atoms with Crippen molar-refractivity contribution in [3.05, 3.63) is 157 Å². The lowest BCUT2D eigenvalue weighted by Gasteiger charge is -2.10. The van der Waals surface area contributed by atoms with Gasteiger partial charge in [0.2, 0.25) is 0 Å². The van der Waals surface area contributed by atoms with Gasteiger partial charge in [-0.1, -0.05) is 81.2 Å². The molecular weight excluding hydrogens is 2220 g/mol. The van der Waals surface area contributed by atoms with Crippen LogP contribution in [0.3, 0.4) is 0 Å². The van der Waals surface area contributed by atoms with Crippen LogP contribution in [0.4, 0.5) is 56.1 Å². The smallest absolute Gasteiger partial charge is 0.366 e. The van der Waals surface area contributed by atoms with E-state index in [9.17, 15) is 91.1 Å². The van der Waals surface area contributed by atoms with Crippen molar-refractivity contribution >= 4 is 387 Å². The Morgan fingerprint density at radius 2 is 0.787 bits per heavy atom. The van der Waals surface area contributed by atoms with Crippen LogP contribution in [0.25, 0.3) is 77.2 Å². The van der Waals surface area contributed by atoms with Crippen molar-refractivity contribution in [2.75, 3.05) is 0 Å². The lowest BCUT2D eigenvalue weighted by atomic mass is 10.1. The summed E-state index contributed by atoms with van der Waals surface area (Å²) < 4.78 is 145. The number of aromatic nitrogens is 16. The van der Waals surface area contributed by atoms with E-state index in [0.717, 1.165) is 74.1 Å². The Morgan fingerprint density at radius 1 is 0.426 bits per heavy atom. The highest BCUT2D eigenvalue weighted by Crippen LogP contribution is 2.50. The highest BCUT2D eigenvalue weighted by Gasteiger charge is 2.51. The predicted octanol–water partition coefficient (Wildman–Crippen LogP) is 19.3. The third-order valence-corrected chi connectivity index (χ3v) is 23.4. The number of hydrogen-bond donors (Lipinski definition) is 0. The van der Waals surface area contributed by atoms with Gasteiger partial charge in [-0.25, -0.2) is 8.78 Å². The maximum Gasteiger partial charge on any atom is 0.534 e. The van der Waals surface area contributed by atoms with Crippen LogP contribution in [0, 0.1) is 98.6 Å². The van der Waals surface area contributed by atoms with Gasteiger partial charge in [-0.05, 0) is 114 Å². The molecule has 558 valence electrons. The molecule has 0 spiro atoms. The fourth-order valence-electron chi connectivity index (χ4n) is 7.44. The Morgan fingerprint density at radius 3 is 1.24 bits per heavy atom. The quantitative estimate of drug-likeness (QED) is 0.0199. The number of nitriles is 2. The number of benzene rings is 6. The van der Waals surface area contributed by atoms with Gasteiger partial charge in [0.15, 0.2) is 42.0 Å². The second kappa shape index (κ2) is 36.1. The fourth-order valence-corrected chi connectivity index (χ4v) is 17.9. The number of nitro groups is 6. The summed E-state index contributed by atoms with van der Waals surface area (Å²) >= 11 is 63.2. The molecular formula is C43H2Br5Cl7F5IN24O15S8. The van der Waals surface area contributed by atoms with Crippen molar-refractivity contribution in [2.24, 2.45) is 0 Å². The fraction of sp³-hybridized carbons (Fsp3) is 0.0233. The molecule has 14 rings (SSSR count). The van der Waals surface area contributed by atoms with E-state index in [0.29, 0.717) is 36.2 Å². The second-order valence-corrected chi connectivity index (χ2v) is 30.9. The molecule has 0 saturated carbocycles. The Balaban J connectivity index is 0.000000161. The molecule has 0 aliphatic heterocycles. The van der Waals surface area contributed by atoms with Crippen molar-refractivity contribution in [2.45, 2.75) is 5.51 Å². The first-order chi connectivity index (χ1) is 50.7. The first-order valence-electron chi connectivity index (χ1n) is 25.0. The van der Waals surface area contributed by atoms with Crippen LogP contribution in [0.15, 0.2) is 34.6 Å². The molecule has 0 saturated heterocycles. The van der Waals surface area contributed by atoms with Gasteiger partial charge < -0.3 is 4.18 Å². The molecule has 108 heavy (non-hydrogen) atoms. The second-order valence-electron chi connectivity index (χ2n) is 17.9. The van der Waals surface area contributed by atoms with Crippen LogP contribution in [-0.2, 0) is 10.1 Å². The third kappa shape index (κ3) is 17.8. The molecule has 0 atom stereocenters. The molecule has 0 fully saturated rings. The molecule has 0 aliphatic rings. The summed E-state index contributed by atoms with van der Waals surface area (Å²) in [4.78, 5) is 58.9. The molecule has 65 heteroatoms. The van der Waals surface area contributed by atoms with E-state index in [-0.39, 0.29) is 93.7 Å². The molecule has 0 aliphatic carbocycles. The van der Waals surface area contributed by atoms with Crippen molar-refractivity contribution in [1.82, 2.24) is 71.4 Å². The van der Waals surface area contributed by atoms with Crippen molar-refractivity contribution in [1.29, 1.82) is 10.5 Å². The van der Waals surface area contributed by atoms with Gasteiger partial charge in [-0.15, -0.1) is 10.2 Å². The van der Waals surface area contributed by atoms with Crippen molar-refractivity contribution < 1.29 is 64.1 Å². The number of rotatable bonds is 8. The topological polar surface area (TPSA) is 556 Å². The van der Waals surface area contributed by atoms with Gasteiger partial charge in [0.25, 0.3) is 5.75 Å². The average molecular weight is 2220 g/mol. The number of alkyl halides is 3. The van der Waals surface area contributed by atoms with Gasteiger partial charge in [0.1, 0.15) is 96.9 Å². The van der Waals surface area contributed by atoms with Crippen LogP contribution >= 0.6 is 266 Å². The van der Waals surface area contributed by atoms with E-state index in [1.807, 2.05) is 18.2 Å². The van der Waals surface area contributed by atoms with Gasteiger partial charge in [-0.2, -0.15) is 93.3 Å². The van der Waals surface area contributed by atoms with Gasteiger partial charge in [0, 0.05) is 4.47 Å². The predicted molar refractivity (Wildman–Crippen MR) is 409 cm³/mol. The summed E-state index contributed by atoms with van der Waals surface area (Å²) in [6, 6.07) is 7.48. The van der Waals surface area contributed by atoms with E-state index >= 15 is 0 Å². The molecule has 8 heterocycles. The first-order valence-corrected chi connectivity index (χ1v) is 39.2. The Bertz CT molecular complexity index is 5840. The zero-order valence-electron chi connectivity index (χ0n) is 48.6. The van der Waals surface area contributed by atoms with Gasteiger partial charge >= 0.3 is 49.8 Å². The molecule has 0 amide bonds. The largest absolute Gasteiger partial charge is 0.534 e. The molecule has 0 radical (unpaired) electrons. The lowest BCUT2D eigenvalue weighted by Crippen LogP contribution is -2.28. The number of fused-ring (bicyclic) bond motifs is 7. The Labute approximate surface area is 705 Å². The van der Waals surface area contributed by atoms with Crippen LogP contribution in [0.1, 0.15) is 11.1 Å². The van der Waals surface area contributed by atoms with E-state index in [1.165, 1.54) is 11.7 Å². The Kier molecular flexibility index (Phi) is 28.9. The van der Waals surface area contributed by atoms with E-state index in [2.05, 4.69) is 155 Å². The zero-order chi connectivity index (χ0) is 80.2. The van der Waals surface area contributed by atoms with Crippen LogP contribution in [0.5, 0.6) is 5.75 Å². The summed E-state index contributed by atoms with van der Waals surface area (Å²) in [5.41, 5.74) is -8.38. The molecule has 6 aromatic carbocycles. The summed E-state index contributed by atoms with van der Waals surface area (Å²) in [6.45, 7) is 0. The highest BCUT2D eigenvalue weighted by atomic mass is 127. The molecule has 0 N–H and O–H groups in total. The molecule has 14 aromatic rings. The summed E-state index contributed by atoms with van der Waals surface area (Å²) in [5.74, 6) is -3.74. The van der Waals surface area contributed by atoms with Crippen LogP contribution in [-0.4, -0.2) is 115 Å². The number of halogens is 18.